The highest BCUT2D eigenvalue weighted by Crippen LogP contribution is 2.16. The van der Waals surface area contributed by atoms with Gasteiger partial charge in [0, 0.05) is 0 Å². The smallest absolute Gasteiger partial charge is 0.226 e. The molecule has 0 aliphatic heterocycles. The van der Waals surface area contributed by atoms with Crippen LogP contribution < -0.4 is 10.5 Å². The van der Waals surface area contributed by atoms with Crippen molar-refractivity contribution in [1.82, 2.24) is 4.98 Å². The summed E-state index contributed by atoms with van der Waals surface area (Å²) in [4.78, 5) is 3.80. The minimum Gasteiger partial charge on any atom is -0.480 e. The summed E-state index contributed by atoms with van der Waals surface area (Å²) in [7, 11) is 1.56. The Morgan fingerprint density at radius 2 is 1.79 bits per heavy atom. The van der Waals surface area contributed by atoms with E-state index in [0.717, 1.165) is 0 Å². The van der Waals surface area contributed by atoms with Gasteiger partial charge in [-0.2, -0.15) is 4.98 Å². The van der Waals surface area contributed by atoms with Gasteiger partial charge in [0.1, 0.15) is 0 Å². The van der Waals surface area contributed by atoms with E-state index in [1.54, 1.807) is 12.5 Å². The molecule has 1 aromatic heterocycles. The molecule has 0 amide bonds. The lowest BCUT2D eigenvalue weighted by molar-refractivity contribution is 0.401. The maximum absolute atomic E-state index is 5.28. The summed E-state index contributed by atoms with van der Waals surface area (Å²) in [5.41, 5.74) is 5.28. The number of thiazole rings is 1. The summed E-state index contributed by atoms with van der Waals surface area (Å²) in [6.45, 7) is 0. The maximum atomic E-state index is 5.28. The zero-order valence-electron chi connectivity index (χ0n) is 7.73. The second-order valence-electron chi connectivity index (χ2n) is 2.81. The summed E-state index contributed by atoms with van der Waals surface area (Å²) in [6.07, 6.45) is 0. The van der Waals surface area contributed by atoms with Crippen LogP contribution in [0.15, 0.2) is 29.6 Å². The van der Waals surface area contributed by atoms with Crippen LogP contribution in [0, 0.1) is 10.4 Å². The standard InChI is InChI=1S/C6H4.C4H6N2OS/c1-2-6-4-3-5(1)6;1-7-3-2-8-4(5)6-3/h1-4H;2H,1H3,(H2,5,6). The first-order valence-corrected chi connectivity index (χ1v) is 5.03. The highest BCUT2D eigenvalue weighted by molar-refractivity contribution is 7.13. The molecule has 2 N–H and O–H groups in total. The molecule has 2 aliphatic carbocycles. The van der Waals surface area contributed by atoms with Crippen molar-refractivity contribution in [1.29, 1.82) is 0 Å². The SMILES string of the molecule is COc1csc(N)n1.c1cc2ccc1=2. The highest BCUT2D eigenvalue weighted by atomic mass is 32.1. The molecule has 1 heterocycles. The lowest BCUT2D eigenvalue weighted by Crippen LogP contribution is -1.84. The third kappa shape index (κ3) is 1.70. The number of hydrogen-bond donors (Lipinski definition) is 1. The average molecular weight is 206 g/mol. The zero-order chi connectivity index (χ0) is 9.97. The monoisotopic (exact) mass is 206 g/mol. The van der Waals surface area contributed by atoms with Crippen LogP contribution in [0.1, 0.15) is 0 Å². The van der Waals surface area contributed by atoms with Crippen molar-refractivity contribution in [2.75, 3.05) is 12.8 Å². The van der Waals surface area contributed by atoms with Crippen LogP contribution in [0.25, 0.3) is 0 Å². The van der Waals surface area contributed by atoms with E-state index < -0.39 is 0 Å². The van der Waals surface area contributed by atoms with E-state index in [9.17, 15) is 0 Å². The van der Waals surface area contributed by atoms with Gasteiger partial charge in [0.25, 0.3) is 0 Å². The molecular formula is C10H10N2OS. The number of methoxy groups -OCH3 is 1. The molecule has 72 valence electrons. The Morgan fingerprint density at radius 1 is 1.21 bits per heavy atom. The number of aromatic nitrogens is 1. The molecule has 0 saturated carbocycles. The van der Waals surface area contributed by atoms with E-state index >= 15 is 0 Å². The molecule has 0 atom stereocenters. The molecule has 3 nitrogen and oxygen atoms in total. The number of hydrogen-bond acceptors (Lipinski definition) is 4. The summed E-state index contributed by atoms with van der Waals surface area (Å²) >= 11 is 1.37. The number of benzene rings is 1. The van der Waals surface area contributed by atoms with Gasteiger partial charge in [0.05, 0.1) is 12.5 Å². The number of ether oxygens (including phenoxy) is 1. The summed E-state index contributed by atoms with van der Waals surface area (Å²) < 4.78 is 4.75. The fourth-order valence-electron chi connectivity index (χ4n) is 1.03. The zero-order valence-corrected chi connectivity index (χ0v) is 8.54. The fraction of sp³-hybridized carbons (Fsp3) is 0.100. The van der Waals surface area contributed by atoms with Crippen LogP contribution in [0.5, 0.6) is 5.88 Å². The Kier molecular flexibility index (Phi) is 2.37. The fourth-order valence-corrected chi connectivity index (χ4v) is 1.54. The third-order valence-electron chi connectivity index (χ3n) is 1.93. The molecule has 2 aliphatic rings. The summed E-state index contributed by atoms with van der Waals surface area (Å²) in [6, 6.07) is 8.48. The second kappa shape index (κ2) is 3.67. The molecule has 4 heteroatoms. The normalized spacial score (nSPS) is 10.1. The van der Waals surface area contributed by atoms with Crippen molar-refractivity contribution in [3.05, 3.63) is 40.1 Å². The highest BCUT2D eigenvalue weighted by Gasteiger charge is 1.93. The molecule has 0 radical (unpaired) electrons. The molecule has 14 heavy (non-hydrogen) atoms. The first-order chi connectivity index (χ1) is 6.79. The molecule has 0 fully saturated rings. The molecule has 3 rings (SSSR count). The molecule has 0 spiro atoms. The van der Waals surface area contributed by atoms with Crippen molar-refractivity contribution in [2.45, 2.75) is 0 Å². The van der Waals surface area contributed by atoms with E-state index in [-0.39, 0.29) is 0 Å². The number of nitrogens with two attached hydrogens (primary N) is 1. The van der Waals surface area contributed by atoms with Crippen LogP contribution in [-0.2, 0) is 0 Å². The van der Waals surface area contributed by atoms with E-state index in [4.69, 9.17) is 10.5 Å². The number of rotatable bonds is 1. The van der Waals surface area contributed by atoms with E-state index in [0.29, 0.717) is 11.0 Å². The molecule has 0 saturated heterocycles. The van der Waals surface area contributed by atoms with Crippen LogP contribution in [0.2, 0.25) is 0 Å². The predicted molar refractivity (Wildman–Crippen MR) is 57.2 cm³/mol. The Morgan fingerprint density at radius 3 is 1.93 bits per heavy atom. The Bertz CT molecular complexity index is 471. The summed E-state index contributed by atoms with van der Waals surface area (Å²) in [5, 5.41) is 5.15. The molecular weight excluding hydrogens is 196 g/mol. The number of nitrogen functional groups attached to an aromatic ring is 1. The second-order valence-corrected chi connectivity index (χ2v) is 3.70. The van der Waals surface area contributed by atoms with Crippen LogP contribution in [0.3, 0.4) is 0 Å². The Hall–Kier alpha value is -1.55. The first kappa shape index (κ1) is 9.02. The molecule has 0 aromatic carbocycles. The quantitative estimate of drug-likeness (QED) is 0.662. The Labute approximate surface area is 85.5 Å². The van der Waals surface area contributed by atoms with Crippen LogP contribution >= 0.6 is 11.3 Å². The molecule has 0 unspecified atom stereocenters. The maximum Gasteiger partial charge on any atom is 0.226 e. The molecule has 1 aromatic rings. The van der Waals surface area contributed by atoms with Gasteiger partial charge in [-0.1, -0.05) is 24.3 Å². The average Bonchev–Trinajstić information content (AvgIpc) is 2.58. The minimum absolute atomic E-state index is 0.543. The van der Waals surface area contributed by atoms with E-state index in [1.807, 2.05) is 0 Å². The van der Waals surface area contributed by atoms with Gasteiger partial charge in [-0.05, 0) is 10.4 Å². The van der Waals surface area contributed by atoms with Gasteiger partial charge >= 0.3 is 0 Å². The van der Waals surface area contributed by atoms with Gasteiger partial charge in [0.2, 0.25) is 5.88 Å². The third-order valence-corrected chi connectivity index (χ3v) is 2.58. The van der Waals surface area contributed by atoms with Crippen molar-refractivity contribution >= 4 is 16.5 Å². The first-order valence-electron chi connectivity index (χ1n) is 4.15. The van der Waals surface area contributed by atoms with Crippen molar-refractivity contribution in [3.8, 4) is 5.88 Å². The van der Waals surface area contributed by atoms with Crippen molar-refractivity contribution < 1.29 is 4.74 Å². The topological polar surface area (TPSA) is 48.1 Å². The van der Waals surface area contributed by atoms with Crippen molar-refractivity contribution in [3.63, 3.8) is 0 Å². The van der Waals surface area contributed by atoms with Crippen LogP contribution in [0.4, 0.5) is 5.13 Å². The van der Waals surface area contributed by atoms with Crippen molar-refractivity contribution in [2.24, 2.45) is 0 Å². The number of anilines is 1. The molecule has 0 bridgehead atoms. The summed E-state index contributed by atoms with van der Waals surface area (Å²) in [5.74, 6) is 0.590. The number of nitrogens with zero attached hydrogens (tertiary/aromatic N) is 1. The lowest BCUT2D eigenvalue weighted by Gasteiger charge is -1.95. The van der Waals surface area contributed by atoms with Crippen LogP contribution in [-0.4, -0.2) is 12.1 Å². The van der Waals surface area contributed by atoms with Gasteiger partial charge in [0.15, 0.2) is 5.13 Å². The van der Waals surface area contributed by atoms with Gasteiger partial charge in [-0.15, -0.1) is 11.3 Å². The lowest BCUT2D eigenvalue weighted by atomic mass is 10.1. The largest absolute Gasteiger partial charge is 0.480 e. The Balaban J connectivity index is 0.000000110. The minimum atomic E-state index is 0.543. The predicted octanol–water partition coefficient (Wildman–Crippen LogP) is 2.02. The van der Waals surface area contributed by atoms with Gasteiger partial charge in [-0.25, -0.2) is 0 Å². The van der Waals surface area contributed by atoms with E-state index in [2.05, 4.69) is 29.2 Å². The van der Waals surface area contributed by atoms with Gasteiger partial charge in [-0.3, -0.25) is 0 Å². The van der Waals surface area contributed by atoms with Gasteiger partial charge < -0.3 is 10.5 Å². The van der Waals surface area contributed by atoms with E-state index in [1.165, 1.54) is 21.8 Å².